The van der Waals surface area contributed by atoms with E-state index >= 15 is 0 Å². The Morgan fingerprint density at radius 2 is 1.13 bits per heavy atom. The Morgan fingerprint density at radius 1 is 0.426 bits per heavy atom. The van der Waals surface area contributed by atoms with E-state index in [1.807, 2.05) is 60.7 Å². The summed E-state index contributed by atoms with van der Waals surface area (Å²) in [5, 5.41) is 11.5. The molecular weight excluding hydrogens is 580 g/mol. The van der Waals surface area contributed by atoms with Gasteiger partial charge in [0.2, 0.25) is 0 Å². The third kappa shape index (κ3) is 4.69. The van der Waals surface area contributed by atoms with E-state index in [1.165, 1.54) is 0 Å². The Bertz CT molecular complexity index is 2490. The van der Waals surface area contributed by atoms with Crippen LogP contribution >= 0.6 is 0 Å². The quantitative estimate of drug-likeness (QED) is 0.181. The van der Waals surface area contributed by atoms with Crippen LogP contribution in [0.1, 0.15) is 0 Å². The van der Waals surface area contributed by atoms with Crippen LogP contribution in [-0.4, -0.2) is 30.2 Å². The number of nitrogens with zero attached hydrogens (tertiary/aromatic N) is 6. The molecule has 9 aromatic rings. The van der Waals surface area contributed by atoms with E-state index in [0.717, 1.165) is 83.5 Å². The van der Waals surface area contributed by atoms with Gasteiger partial charge in [0.05, 0.1) is 34.0 Å². The molecule has 7 heteroatoms. The Labute approximate surface area is 269 Å². The summed E-state index contributed by atoms with van der Waals surface area (Å²) in [6.45, 7) is 0. The van der Waals surface area contributed by atoms with E-state index in [2.05, 4.69) is 93.1 Å². The molecule has 0 atom stereocenters. The number of hydrogen-bond donors (Lipinski definition) is 0. The number of aromatic nitrogens is 6. The molecule has 220 valence electrons. The summed E-state index contributed by atoms with van der Waals surface area (Å²) < 4.78 is 5.23. The first kappa shape index (κ1) is 26.8. The van der Waals surface area contributed by atoms with Crippen LogP contribution in [0.25, 0.3) is 89.0 Å². The van der Waals surface area contributed by atoms with Crippen LogP contribution in [0, 0.1) is 0 Å². The maximum absolute atomic E-state index is 5.23. The first-order chi connectivity index (χ1) is 23.3. The molecule has 4 aromatic carbocycles. The molecule has 0 N–H and O–H groups in total. The van der Waals surface area contributed by atoms with Crippen LogP contribution in [0.3, 0.4) is 0 Å². The molecule has 0 amide bonds. The Morgan fingerprint density at radius 3 is 1.83 bits per heavy atom. The molecule has 0 saturated carbocycles. The summed E-state index contributed by atoms with van der Waals surface area (Å²) in [4.78, 5) is 19.3. The minimum Gasteiger partial charge on any atom is -0.255 e. The summed E-state index contributed by atoms with van der Waals surface area (Å²) in [6, 6.07) is 45.0. The minimum absolute atomic E-state index is 0.708. The summed E-state index contributed by atoms with van der Waals surface area (Å²) in [5.74, 6) is 0. The summed E-state index contributed by atoms with van der Waals surface area (Å²) >= 11 is 0. The highest BCUT2D eigenvalue weighted by atomic mass is 16.6. The molecular formula is C40H24N6O. The SMILES string of the molecule is c1ccc(-c2nc3cccc(-c4ccc(-c5cc(-c6ccccn6)nc(-c6ccccn6)c5)cc4)c3c3c2ccc2nonc23)cc1. The molecule has 9 rings (SSSR count). The standard InChI is InChI=1S/C40H24N6O/c1-2-9-27(10-3-1)39-30-19-20-34-40(46-47-45-34)38(30)37-29(11-8-14-33(37)44-39)26-17-15-25(16-18-26)28-23-35(31-12-4-6-21-41-31)43-36(24-28)32-13-5-7-22-42-32/h1-24H. The maximum atomic E-state index is 5.23. The van der Waals surface area contributed by atoms with E-state index < -0.39 is 0 Å². The second-order valence-electron chi connectivity index (χ2n) is 11.3. The van der Waals surface area contributed by atoms with Crippen LogP contribution < -0.4 is 0 Å². The highest BCUT2D eigenvalue weighted by Gasteiger charge is 2.19. The van der Waals surface area contributed by atoms with Gasteiger partial charge in [-0.1, -0.05) is 78.9 Å². The molecule has 0 unspecified atom stereocenters. The van der Waals surface area contributed by atoms with Gasteiger partial charge < -0.3 is 0 Å². The number of hydrogen-bond acceptors (Lipinski definition) is 7. The molecule has 47 heavy (non-hydrogen) atoms. The Balaban J connectivity index is 1.21. The van der Waals surface area contributed by atoms with Crippen molar-refractivity contribution in [3.8, 4) is 56.3 Å². The van der Waals surface area contributed by atoms with E-state index in [1.54, 1.807) is 12.4 Å². The predicted molar refractivity (Wildman–Crippen MR) is 185 cm³/mol. The van der Waals surface area contributed by atoms with Crippen molar-refractivity contribution in [2.45, 2.75) is 0 Å². The molecule has 5 heterocycles. The van der Waals surface area contributed by atoms with Gasteiger partial charge in [0.1, 0.15) is 11.0 Å². The number of rotatable bonds is 5. The zero-order valence-corrected chi connectivity index (χ0v) is 24.9. The Kier molecular flexibility index (Phi) is 6.31. The Hall–Kier alpha value is -6.60. The first-order valence-corrected chi connectivity index (χ1v) is 15.3. The minimum atomic E-state index is 0.708. The monoisotopic (exact) mass is 604 g/mol. The van der Waals surface area contributed by atoms with E-state index in [9.17, 15) is 0 Å². The van der Waals surface area contributed by atoms with E-state index in [0.29, 0.717) is 5.52 Å². The van der Waals surface area contributed by atoms with Crippen LogP contribution in [0.15, 0.2) is 150 Å². The smallest absolute Gasteiger partial charge is 0.143 e. The summed E-state index contributed by atoms with van der Waals surface area (Å²) in [5.41, 5.74) is 11.6. The predicted octanol–water partition coefficient (Wildman–Crippen LogP) is 9.44. The maximum Gasteiger partial charge on any atom is 0.143 e. The van der Waals surface area contributed by atoms with Crippen LogP contribution in [0.2, 0.25) is 0 Å². The molecule has 0 fully saturated rings. The highest BCUT2D eigenvalue weighted by Crippen LogP contribution is 2.41. The summed E-state index contributed by atoms with van der Waals surface area (Å²) in [7, 11) is 0. The lowest BCUT2D eigenvalue weighted by atomic mass is 9.92. The van der Waals surface area contributed by atoms with Gasteiger partial charge >= 0.3 is 0 Å². The van der Waals surface area contributed by atoms with Gasteiger partial charge in [-0.2, -0.15) is 0 Å². The third-order valence-corrected chi connectivity index (χ3v) is 8.46. The van der Waals surface area contributed by atoms with Crippen molar-refractivity contribution in [3.63, 3.8) is 0 Å². The van der Waals surface area contributed by atoms with Gasteiger partial charge in [0.25, 0.3) is 0 Å². The fourth-order valence-corrected chi connectivity index (χ4v) is 6.27. The van der Waals surface area contributed by atoms with Crippen molar-refractivity contribution in [2.24, 2.45) is 0 Å². The summed E-state index contributed by atoms with van der Waals surface area (Å²) in [6.07, 6.45) is 3.57. The molecule has 0 bridgehead atoms. The second-order valence-corrected chi connectivity index (χ2v) is 11.3. The van der Waals surface area contributed by atoms with Crippen molar-refractivity contribution in [3.05, 3.63) is 146 Å². The lowest BCUT2D eigenvalue weighted by Crippen LogP contribution is -1.94. The zero-order valence-electron chi connectivity index (χ0n) is 24.9. The van der Waals surface area contributed by atoms with Crippen LogP contribution in [0.4, 0.5) is 0 Å². The zero-order chi connectivity index (χ0) is 31.2. The lowest BCUT2D eigenvalue weighted by molar-refractivity contribution is 0.316. The number of pyridine rings is 4. The molecule has 5 aromatic heterocycles. The van der Waals surface area contributed by atoms with Crippen LogP contribution in [0.5, 0.6) is 0 Å². The average Bonchev–Trinajstić information content (AvgIpc) is 3.65. The molecule has 0 aliphatic heterocycles. The van der Waals surface area contributed by atoms with Gasteiger partial charge in [0.15, 0.2) is 0 Å². The van der Waals surface area contributed by atoms with Gasteiger partial charge in [-0.3, -0.25) is 9.97 Å². The van der Waals surface area contributed by atoms with Crippen molar-refractivity contribution < 1.29 is 4.63 Å². The first-order valence-electron chi connectivity index (χ1n) is 15.3. The molecule has 7 nitrogen and oxygen atoms in total. The molecule has 0 aliphatic rings. The largest absolute Gasteiger partial charge is 0.255 e. The fraction of sp³-hybridized carbons (Fsp3) is 0. The van der Waals surface area contributed by atoms with Gasteiger partial charge in [0, 0.05) is 34.1 Å². The third-order valence-electron chi connectivity index (χ3n) is 8.46. The highest BCUT2D eigenvalue weighted by molar-refractivity contribution is 6.24. The van der Waals surface area contributed by atoms with E-state index in [4.69, 9.17) is 14.6 Å². The molecule has 0 aliphatic carbocycles. The van der Waals surface area contributed by atoms with Crippen LogP contribution in [-0.2, 0) is 0 Å². The molecule has 0 spiro atoms. The van der Waals surface area contributed by atoms with E-state index in [-0.39, 0.29) is 0 Å². The van der Waals surface area contributed by atoms with Crippen molar-refractivity contribution in [1.82, 2.24) is 30.2 Å². The topological polar surface area (TPSA) is 90.5 Å². The van der Waals surface area contributed by atoms with Crippen molar-refractivity contribution in [1.29, 1.82) is 0 Å². The van der Waals surface area contributed by atoms with Gasteiger partial charge in [-0.15, -0.1) is 0 Å². The van der Waals surface area contributed by atoms with Gasteiger partial charge in [-0.05, 0) is 87.2 Å². The molecule has 0 radical (unpaired) electrons. The second kappa shape index (κ2) is 11.1. The average molecular weight is 605 g/mol. The molecule has 0 saturated heterocycles. The number of benzene rings is 4. The van der Waals surface area contributed by atoms with Crippen molar-refractivity contribution in [2.75, 3.05) is 0 Å². The lowest BCUT2D eigenvalue weighted by Gasteiger charge is -2.14. The number of fused-ring (bicyclic) bond motifs is 5. The van der Waals surface area contributed by atoms with Gasteiger partial charge in [-0.25, -0.2) is 14.6 Å². The van der Waals surface area contributed by atoms with Crippen molar-refractivity contribution >= 4 is 32.7 Å². The normalized spacial score (nSPS) is 11.4. The fourth-order valence-electron chi connectivity index (χ4n) is 6.27.